The molecule has 0 atom stereocenters. The highest BCUT2D eigenvalue weighted by atomic mass is 14.0. The van der Waals surface area contributed by atoms with E-state index in [1.54, 1.807) is 0 Å². The fourth-order valence-electron chi connectivity index (χ4n) is 1.61. The summed E-state index contributed by atoms with van der Waals surface area (Å²) in [4.78, 5) is 0. The SMILES string of the molecule is Cc1cccc(/C=C2\C=CC=CC2)c1. The van der Waals surface area contributed by atoms with Crippen LogP contribution in [-0.2, 0) is 0 Å². The highest BCUT2D eigenvalue weighted by Gasteiger charge is 1.94. The molecule has 0 N–H and O–H groups in total. The molecular formula is C14H14. The smallest absolute Gasteiger partial charge is 0.00941 e. The van der Waals surface area contributed by atoms with E-state index in [0.29, 0.717) is 0 Å². The summed E-state index contributed by atoms with van der Waals surface area (Å²) in [7, 11) is 0. The van der Waals surface area contributed by atoms with E-state index in [-0.39, 0.29) is 0 Å². The van der Waals surface area contributed by atoms with Gasteiger partial charge >= 0.3 is 0 Å². The molecule has 1 aromatic carbocycles. The summed E-state index contributed by atoms with van der Waals surface area (Å²) in [6.45, 7) is 2.12. The lowest BCUT2D eigenvalue weighted by Gasteiger charge is -2.02. The first kappa shape index (κ1) is 9.01. The number of aryl methyl sites for hydroxylation is 1. The van der Waals surface area contributed by atoms with Gasteiger partial charge in [-0.05, 0) is 24.5 Å². The summed E-state index contributed by atoms with van der Waals surface area (Å²) >= 11 is 0. The van der Waals surface area contributed by atoms with E-state index >= 15 is 0 Å². The third-order valence-electron chi connectivity index (χ3n) is 2.31. The lowest BCUT2D eigenvalue weighted by atomic mass is 10.0. The predicted octanol–water partition coefficient (Wildman–Crippen LogP) is 3.89. The van der Waals surface area contributed by atoms with Gasteiger partial charge in [-0.25, -0.2) is 0 Å². The molecule has 0 heteroatoms. The van der Waals surface area contributed by atoms with Crippen molar-refractivity contribution in [1.29, 1.82) is 0 Å². The van der Waals surface area contributed by atoms with Crippen LogP contribution in [0.2, 0.25) is 0 Å². The molecule has 2 rings (SSSR count). The average Bonchev–Trinajstić information content (AvgIpc) is 2.19. The Bertz CT molecular complexity index is 406. The minimum absolute atomic E-state index is 1.05. The Morgan fingerprint density at radius 3 is 2.86 bits per heavy atom. The van der Waals surface area contributed by atoms with Crippen molar-refractivity contribution < 1.29 is 0 Å². The van der Waals surface area contributed by atoms with Gasteiger partial charge in [0.15, 0.2) is 0 Å². The first-order valence-electron chi connectivity index (χ1n) is 4.95. The lowest BCUT2D eigenvalue weighted by molar-refractivity contribution is 1.28. The number of hydrogen-bond donors (Lipinski definition) is 0. The molecule has 1 aliphatic rings. The summed E-state index contributed by atoms with van der Waals surface area (Å²) in [6, 6.07) is 8.58. The quantitative estimate of drug-likeness (QED) is 0.618. The molecule has 1 aromatic rings. The molecule has 0 bridgehead atoms. The maximum atomic E-state index is 2.24. The van der Waals surface area contributed by atoms with Crippen LogP contribution < -0.4 is 0 Å². The van der Waals surface area contributed by atoms with Gasteiger partial charge in [0.05, 0.1) is 0 Å². The van der Waals surface area contributed by atoms with Crippen LogP contribution in [0.3, 0.4) is 0 Å². The van der Waals surface area contributed by atoms with Crippen molar-refractivity contribution in [3.63, 3.8) is 0 Å². The molecule has 0 spiro atoms. The van der Waals surface area contributed by atoms with Crippen LogP contribution in [-0.4, -0.2) is 0 Å². The van der Waals surface area contributed by atoms with Gasteiger partial charge in [0.25, 0.3) is 0 Å². The first-order valence-corrected chi connectivity index (χ1v) is 4.95. The van der Waals surface area contributed by atoms with Crippen LogP contribution in [0.15, 0.2) is 54.1 Å². The molecule has 1 aliphatic carbocycles. The van der Waals surface area contributed by atoms with Crippen LogP contribution >= 0.6 is 0 Å². The normalized spacial score (nSPS) is 17.6. The van der Waals surface area contributed by atoms with Crippen LogP contribution in [0.5, 0.6) is 0 Å². The Kier molecular flexibility index (Phi) is 2.64. The molecule has 0 radical (unpaired) electrons. The maximum absolute atomic E-state index is 2.24. The van der Waals surface area contributed by atoms with Gasteiger partial charge in [-0.15, -0.1) is 0 Å². The molecule has 0 saturated carbocycles. The van der Waals surface area contributed by atoms with Gasteiger partial charge in [0, 0.05) is 0 Å². The fraction of sp³-hybridized carbons (Fsp3) is 0.143. The summed E-state index contributed by atoms with van der Waals surface area (Å²) in [5, 5.41) is 0. The molecule has 0 amide bonds. The zero-order valence-electron chi connectivity index (χ0n) is 8.40. The van der Waals surface area contributed by atoms with Crippen molar-refractivity contribution in [3.05, 3.63) is 65.3 Å². The van der Waals surface area contributed by atoms with E-state index in [9.17, 15) is 0 Å². The third kappa shape index (κ3) is 2.23. The highest BCUT2D eigenvalue weighted by Crippen LogP contribution is 2.15. The van der Waals surface area contributed by atoms with Gasteiger partial charge in [-0.2, -0.15) is 0 Å². The Labute approximate surface area is 85.3 Å². The first-order chi connectivity index (χ1) is 6.84. The maximum Gasteiger partial charge on any atom is -0.00941 e. The molecule has 0 unspecified atom stereocenters. The van der Waals surface area contributed by atoms with Crippen molar-refractivity contribution >= 4 is 6.08 Å². The summed E-state index contributed by atoms with van der Waals surface area (Å²) in [5.41, 5.74) is 3.98. The highest BCUT2D eigenvalue weighted by molar-refractivity contribution is 5.57. The molecule has 0 saturated heterocycles. The van der Waals surface area contributed by atoms with Crippen molar-refractivity contribution in [2.75, 3.05) is 0 Å². The minimum Gasteiger partial charge on any atom is -0.0801 e. The topological polar surface area (TPSA) is 0 Å². The fourth-order valence-corrected chi connectivity index (χ4v) is 1.61. The van der Waals surface area contributed by atoms with Gasteiger partial charge in [0.1, 0.15) is 0 Å². The van der Waals surface area contributed by atoms with E-state index in [0.717, 1.165) is 6.42 Å². The third-order valence-corrected chi connectivity index (χ3v) is 2.31. The summed E-state index contributed by atoms with van der Waals surface area (Å²) < 4.78 is 0. The molecule has 0 aromatic heterocycles. The number of hydrogen-bond acceptors (Lipinski definition) is 0. The zero-order valence-corrected chi connectivity index (χ0v) is 8.40. The minimum atomic E-state index is 1.05. The molecular weight excluding hydrogens is 168 g/mol. The summed E-state index contributed by atoms with van der Waals surface area (Å²) in [5.74, 6) is 0. The molecule has 0 heterocycles. The van der Waals surface area contributed by atoms with Gasteiger partial charge in [-0.1, -0.05) is 60.2 Å². The molecule has 14 heavy (non-hydrogen) atoms. The molecule has 0 aliphatic heterocycles. The monoisotopic (exact) mass is 182 g/mol. The van der Waals surface area contributed by atoms with Crippen LogP contribution in [0, 0.1) is 6.92 Å². The Morgan fingerprint density at radius 1 is 1.21 bits per heavy atom. The van der Waals surface area contributed by atoms with Crippen LogP contribution in [0.25, 0.3) is 6.08 Å². The van der Waals surface area contributed by atoms with E-state index in [4.69, 9.17) is 0 Å². The van der Waals surface area contributed by atoms with Gasteiger partial charge < -0.3 is 0 Å². The van der Waals surface area contributed by atoms with E-state index in [1.165, 1.54) is 16.7 Å². The van der Waals surface area contributed by atoms with Crippen molar-refractivity contribution in [2.24, 2.45) is 0 Å². The Hall–Kier alpha value is -1.56. The number of benzene rings is 1. The van der Waals surface area contributed by atoms with Crippen molar-refractivity contribution in [1.82, 2.24) is 0 Å². The lowest BCUT2D eigenvalue weighted by Crippen LogP contribution is -1.82. The van der Waals surface area contributed by atoms with Crippen molar-refractivity contribution in [3.8, 4) is 0 Å². The van der Waals surface area contributed by atoms with E-state index in [2.05, 4.69) is 61.6 Å². The van der Waals surface area contributed by atoms with Gasteiger partial charge in [0.2, 0.25) is 0 Å². The standard InChI is InChI=1S/C14H14/c1-12-6-5-9-14(10-12)11-13-7-3-2-4-8-13/h2-7,9-11H,8H2,1H3/b13-11+. The number of rotatable bonds is 1. The second-order valence-electron chi connectivity index (χ2n) is 3.62. The van der Waals surface area contributed by atoms with Crippen LogP contribution in [0.1, 0.15) is 17.5 Å². The Morgan fingerprint density at radius 2 is 2.14 bits per heavy atom. The second-order valence-corrected chi connectivity index (χ2v) is 3.62. The van der Waals surface area contributed by atoms with Gasteiger partial charge in [-0.3, -0.25) is 0 Å². The van der Waals surface area contributed by atoms with E-state index < -0.39 is 0 Å². The average molecular weight is 182 g/mol. The predicted molar refractivity (Wildman–Crippen MR) is 62.1 cm³/mol. The van der Waals surface area contributed by atoms with Crippen molar-refractivity contribution in [2.45, 2.75) is 13.3 Å². The number of allylic oxidation sites excluding steroid dienone is 5. The molecule has 0 fully saturated rings. The second kappa shape index (κ2) is 4.10. The molecule has 70 valence electrons. The summed E-state index contributed by atoms with van der Waals surface area (Å²) in [6.07, 6.45) is 11.8. The largest absolute Gasteiger partial charge is 0.0801 e. The zero-order chi connectivity index (χ0) is 9.80. The Balaban J connectivity index is 2.25. The van der Waals surface area contributed by atoms with E-state index in [1.807, 2.05) is 0 Å². The van der Waals surface area contributed by atoms with Crippen LogP contribution in [0.4, 0.5) is 0 Å². The molecule has 0 nitrogen and oxygen atoms in total.